The van der Waals surface area contributed by atoms with Gasteiger partial charge >= 0.3 is 0 Å². The van der Waals surface area contributed by atoms with Crippen LogP contribution in [0.1, 0.15) is 6.92 Å². The van der Waals surface area contributed by atoms with E-state index < -0.39 is 0 Å². The maximum absolute atomic E-state index is 4.79. The van der Waals surface area contributed by atoms with Crippen molar-refractivity contribution in [2.24, 2.45) is 12.0 Å². The fraction of sp³-hybridized carbons (Fsp3) is 0.240. The molecule has 1 fully saturated rings. The van der Waals surface area contributed by atoms with Crippen LogP contribution in [0.25, 0.3) is 27.9 Å². The third-order valence-electron chi connectivity index (χ3n) is 6.00. The van der Waals surface area contributed by atoms with Crippen LogP contribution in [0.4, 0.5) is 5.95 Å². The van der Waals surface area contributed by atoms with Gasteiger partial charge in [0.1, 0.15) is 5.82 Å². The predicted octanol–water partition coefficient (Wildman–Crippen LogP) is 2.95. The highest BCUT2D eigenvalue weighted by Gasteiger charge is 2.17. The molecule has 10 heteroatoms. The summed E-state index contributed by atoms with van der Waals surface area (Å²) in [5, 5.41) is 15.7. The van der Waals surface area contributed by atoms with Gasteiger partial charge in [-0.3, -0.25) is 9.67 Å². The molecule has 1 aliphatic heterocycles. The fourth-order valence-corrected chi connectivity index (χ4v) is 4.16. The van der Waals surface area contributed by atoms with Gasteiger partial charge in [-0.05, 0) is 44.0 Å². The highest BCUT2D eigenvalue weighted by atomic mass is 15.3. The number of nitrogens with one attached hydrogen (secondary N) is 2. The van der Waals surface area contributed by atoms with Gasteiger partial charge in [-0.15, -0.1) is 5.10 Å². The smallest absolute Gasteiger partial charge is 0.246 e. The second-order valence-electron chi connectivity index (χ2n) is 8.34. The van der Waals surface area contributed by atoms with E-state index in [-0.39, 0.29) is 0 Å². The van der Waals surface area contributed by atoms with E-state index >= 15 is 0 Å². The molecule has 5 rings (SSSR count). The van der Waals surface area contributed by atoms with Crippen LogP contribution in [-0.4, -0.2) is 67.2 Å². The maximum Gasteiger partial charge on any atom is 0.246 e. The zero-order valence-corrected chi connectivity index (χ0v) is 19.9. The molecule has 35 heavy (non-hydrogen) atoms. The van der Waals surface area contributed by atoms with Crippen LogP contribution >= 0.6 is 0 Å². The van der Waals surface area contributed by atoms with E-state index in [1.807, 2.05) is 48.2 Å². The standard InChI is InChI=1S/C25H28N10/c1-18(34-12-10-28-11-13-34)4-5-23(26-2)31-25-29-16-21-14-22(20-15-30-33(3)17-20)24(35(21)32-25)19-6-8-27-9-7-19/h4-9,14-17,28H,2,10-13H2,1,3H3,(H,31,32)/b18-4+,23-5+. The van der Waals surface area contributed by atoms with Crippen molar-refractivity contribution in [3.63, 3.8) is 0 Å². The molecule has 0 amide bonds. The van der Waals surface area contributed by atoms with Gasteiger partial charge in [0.25, 0.3) is 0 Å². The van der Waals surface area contributed by atoms with Gasteiger partial charge in [0.15, 0.2) is 0 Å². The second kappa shape index (κ2) is 9.90. The van der Waals surface area contributed by atoms with E-state index in [9.17, 15) is 0 Å². The molecule has 4 aromatic heterocycles. The topological polar surface area (TPSA) is 101 Å². The minimum atomic E-state index is 0.424. The van der Waals surface area contributed by atoms with Crippen molar-refractivity contribution in [3.05, 3.63) is 72.9 Å². The van der Waals surface area contributed by atoms with Crippen LogP contribution in [0, 0.1) is 0 Å². The molecule has 0 aromatic carbocycles. The second-order valence-corrected chi connectivity index (χ2v) is 8.34. The number of aliphatic imine (C=N–C) groups is 1. The molecule has 2 N–H and O–H groups in total. The molecular weight excluding hydrogens is 440 g/mol. The molecule has 0 aliphatic carbocycles. The van der Waals surface area contributed by atoms with Crippen LogP contribution in [0.3, 0.4) is 0 Å². The summed E-state index contributed by atoms with van der Waals surface area (Å²) in [4.78, 5) is 15.2. The Kier molecular flexibility index (Phi) is 6.36. The van der Waals surface area contributed by atoms with Gasteiger partial charge in [0.05, 0.1) is 23.6 Å². The van der Waals surface area contributed by atoms with E-state index in [0.717, 1.165) is 54.1 Å². The lowest BCUT2D eigenvalue weighted by Gasteiger charge is -2.29. The van der Waals surface area contributed by atoms with E-state index in [4.69, 9.17) is 5.10 Å². The quantitative estimate of drug-likeness (QED) is 0.318. The Hall–Kier alpha value is -4.31. The number of rotatable bonds is 7. The molecule has 10 nitrogen and oxygen atoms in total. The highest BCUT2D eigenvalue weighted by molar-refractivity contribution is 5.85. The minimum Gasteiger partial charge on any atom is -0.372 e. The number of nitrogens with zero attached hydrogens (tertiary/aromatic N) is 8. The monoisotopic (exact) mass is 468 g/mol. The van der Waals surface area contributed by atoms with Crippen molar-refractivity contribution in [2.45, 2.75) is 6.92 Å². The van der Waals surface area contributed by atoms with E-state index in [2.05, 4.69) is 55.3 Å². The first-order valence-electron chi connectivity index (χ1n) is 11.5. The number of pyridine rings is 1. The van der Waals surface area contributed by atoms with Gasteiger partial charge in [-0.1, -0.05) is 0 Å². The predicted molar refractivity (Wildman–Crippen MR) is 138 cm³/mol. The Morgan fingerprint density at radius 2 is 1.94 bits per heavy atom. The van der Waals surface area contributed by atoms with Gasteiger partial charge in [0, 0.05) is 74.2 Å². The van der Waals surface area contributed by atoms with Gasteiger partial charge in [-0.25, -0.2) is 14.5 Å². The van der Waals surface area contributed by atoms with Crippen molar-refractivity contribution in [3.8, 4) is 22.4 Å². The summed E-state index contributed by atoms with van der Waals surface area (Å²) in [6.45, 7) is 9.78. The van der Waals surface area contributed by atoms with Crippen molar-refractivity contribution in [1.29, 1.82) is 0 Å². The summed E-state index contributed by atoms with van der Waals surface area (Å²) in [6.07, 6.45) is 13.1. The molecule has 4 aromatic rings. The summed E-state index contributed by atoms with van der Waals surface area (Å²) >= 11 is 0. The third kappa shape index (κ3) is 4.82. The lowest BCUT2D eigenvalue weighted by atomic mass is 10.1. The number of hydrogen-bond donors (Lipinski definition) is 2. The lowest BCUT2D eigenvalue weighted by molar-refractivity contribution is 0.300. The highest BCUT2D eigenvalue weighted by Crippen LogP contribution is 2.34. The van der Waals surface area contributed by atoms with Gasteiger partial charge in [-0.2, -0.15) is 5.10 Å². The summed E-state index contributed by atoms with van der Waals surface area (Å²) in [5.41, 5.74) is 6.00. The van der Waals surface area contributed by atoms with Crippen LogP contribution < -0.4 is 10.6 Å². The molecule has 5 heterocycles. The number of aryl methyl sites for hydroxylation is 1. The molecule has 0 saturated carbocycles. The largest absolute Gasteiger partial charge is 0.372 e. The summed E-state index contributed by atoms with van der Waals surface area (Å²) in [7, 11) is 1.90. The van der Waals surface area contributed by atoms with Crippen molar-refractivity contribution >= 4 is 18.2 Å². The zero-order chi connectivity index (χ0) is 24.2. The summed E-state index contributed by atoms with van der Waals surface area (Å²) < 4.78 is 3.67. The number of fused-ring (bicyclic) bond motifs is 1. The number of allylic oxidation sites excluding steroid dienone is 3. The molecule has 0 radical (unpaired) electrons. The van der Waals surface area contributed by atoms with Crippen molar-refractivity contribution in [2.75, 3.05) is 31.5 Å². The van der Waals surface area contributed by atoms with E-state index in [1.165, 1.54) is 5.70 Å². The Balaban J connectivity index is 1.50. The Bertz CT molecular complexity index is 1390. The zero-order valence-electron chi connectivity index (χ0n) is 19.9. The van der Waals surface area contributed by atoms with Crippen molar-refractivity contribution < 1.29 is 0 Å². The van der Waals surface area contributed by atoms with Crippen LogP contribution in [-0.2, 0) is 7.05 Å². The van der Waals surface area contributed by atoms with E-state index in [0.29, 0.717) is 11.8 Å². The van der Waals surface area contributed by atoms with E-state index in [1.54, 1.807) is 23.3 Å². The number of anilines is 1. The fourth-order valence-electron chi connectivity index (χ4n) is 4.16. The number of piperazine rings is 1. The van der Waals surface area contributed by atoms with Gasteiger partial charge < -0.3 is 15.5 Å². The molecule has 1 saturated heterocycles. The third-order valence-corrected chi connectivity index (χ3v) is 6.00. The normalized spacial score (nSPS) is 15.0. The number of aromatic nitrogens is 6. The molecule has 0 spiro atoms. The molecule has 178 valence electrons. The molecule has 1 aliphatic rings. The first-order chi connectivity index (χ1) is 17.1. The van der Waals surface area contributed by atoms with Crippen molar-refractivity contribution in [1.82, 2.24) is 39.6 Å². The minimum absolute atomic E-state index is 0.424. The SMILES string of the molecule is C=N/C(=C\C=C(/C)N1CCNCC1)Nc1ncc2cc(-c3cnn(C)c3)c(-c3ccncc3)n2n1. The summed E-state index contributed by atoms with van der Waals surface area (Å²) in [5.74, 6) is 0.997. The van der Waals surface area contributed by atoms with Gasteiger partial charge in [0.2, 0.25) is 5.95 Å². The lowest BCUT2D eigenvalue weighted by Crippen LogP contribution is -2.42. The molecule has 0 atom stereocenters. The molecule has 0 bridgehead atoms. The summed E-state index contributed by atoms with van der Waals surface area (Å²) in [6, 6.07) is 6.01. The first kappa shape index (κ1) is 22.5. The van der Waals surface area contributed by atoms with Crippen LogP contribution in [0.15, 0.2) is 77.8 Å². The first-order valence-corrected chi connectivity index (χ1v) is 11.5. The average Bonchev–Trinajstić information content (AvgIpc) is 3.50. The number of hydrogen-bond acceptors (Lipinski definition) is 8. The Morgan fingerprint density at radius 1 is 1.14 bits per heavy atom. The Morgan fingerprint density at radius 3 is 2.66 bits per heavy atom. The maximum atomic E-state index is 4.79. The van der Waals surface area contributed by atoms with Crippen LogP contribution in [0.2, 0.25) is 0 Å². The molecule has 0 unspecified atom stereocenters. The average molecular weight is 469 g/mol. The van der Waals surface area contributed by atoms with Crippen LogP contribution in [0.5, 0.6) is 0 Å². The molecular formula is C25H28N10. The Labute approximate surface area is 203 Å².